The molecule has 2 N–H and O–H groups in total. The van der Waals surface area contributed by atoms with Gasteiger partial charge in [-0.1, -0.05) is 0 Å². The molecule has 1 aromatic rings. The molecule has 1 atom stereocenters. The molecule has 2 heterocycles. The lowest BCUT2D eigenvalue weighted by Crippen LogP contribution is -2.39. The molecule has 1 saturated heterocycles. The van der Waals surface area contributed by atoms with Crippen LogP contribution in [-0.2, 0) is 11.2 Å². The van der Waals surface area contributed by atoms with Crippen LogP contribution in [0.2, 0.25) is 0 Å². The maximum Gasteiger partial charge on any atom is 0.317 e. The number of carbonyl (C=O) groups is 2. The topological polar surface area (TPSA) is 82.5 Å². The van der Waals surface area contributed by atoms with E-state index < -0.39 is 5.97 Å². The van der Waals surface area contributed by atoms with E-state index in [2.05, 4.69) is 10.3 Å². The first-order valence-electron chi connectivity index (χ1n) is 7.20. The van der Waals surface area contributed by atoms with E-state index >= 15 is 0 Å². The minimum atomic E-state index is -0.767. The fourth-order valence-electron chi connectivity index (χ4n) is 2.49. The third kappa shape index (κ3) is 5.00. The first kappa shape index (κ1) is 15.8. The second-order valence-electron chi connectivity index (χ2n) is 5.40. The number of aromatic nitrogens is 1. The summed E-state index contributed by atoms with van der Waals surface area (Å²) in [6.45, 7) is 3.92. The largest absolute Gasteiger partial charge is 0.481 e. The zero-order valence-corrected chi connectivity index (χ0v) is 13.0. The number of carboxylic acid groups (broad SMARTS) is 1. The Morgan fingerprint density at radius 1 is 1.57 bits per heavy atom. The van der Waals surface area contributed by atoms with Crippen LogP contribution in [0.4, 0.5) is 4.79 Å². The fraction of sp³-hybridized carbons (Fsp3) is 0.643. The Bertz CT molecular complexity index is 503. The van der Waals surface area contributed by atoms with Crippen molar-refractivity contribution in [2.75, 3.05) is 19.6 Å². The van der Waals surface area contributed by atoms with Crippen LogP contribution in [0.25, 0.3) is 0 Å². The molecule has 116 valence electrons. The molecule has 6 nitrogen and oxygen atoms in total. The van der Waals surface area contributed by atoms with Gasteiger partial charge in [0.25, 0.3) is 0 Å². The van der Waals surface area contributed by atoms with Gasteiger partial charge in [-0.2, -0.15) is 0 Å². The van der Waals surface area contributed by atoms with Crippen LogP contribution in [0.5, 0.6) is 0 Å². The molecule has 1 aromatic heterocycles. The number of carbonyl (C=O) groups excluding carboxylic acids is 1. The lowest BCUT2D eigenvalue weighted by molar-refractivity contribution is -0.137. The Morgan fingerprint density at radius 3 is 3.05 bits per heavy atom. The second kappa shape index (κ2) is 7.40. The van der Waals surface area contributed by atoms with E-state index in [0.717, 1.165) is 23.5 Å². The molecule has 0 aromatic carbocycles. The first-order valence-corrected chi connectivity index (χ1v) is 8.08. The van der Waals surface area contributed by atoms with Crippen molar-refractivity contribution in [3.05, 3.63) is 16.1 Å². The fourth-order valence-corrected chi connectivity index (χ4v) is 3.26. The van der Waals surface area contributed by atoms with Gasteiger partial charge in [0.05, 0.1) is 5.01 Å². The molecule has 2 rings (SSSR count). The normalized spacial score (nSPS) is 18.0. The van der Waals surface area contributed by atoms with E-state index in [-0.39, 0.29) is 12.5 Å². The highest BCUT2D eigenvalue weighted by molar-refractivity contribution is 7.09. The summed E-state index contributed by atoms with van der Waals surface area (Å²) in [7, 11) is 0. The average Bonchev–Trinajstić information content (AvgIpc) is 3.05. The number of hydrogen-bond donors (Lipinski definition) is 2. The number of nitrogens with one attached hydrogen (secondary N) is 1. The average molecular weight is 311 g/mol. The molecule has 1 unspecified atom stereocenters. The number of likely N-dealkylation sites (tertiary alicyclic amines) is 1. The van der Waals surface area contributed by atoms with E-state index in [0.29, 0.717) is 32.0 Å². The molecule has 0 bridgehead atoms. The first-order chi connectivity index (χ1) is 10.0. The Labute approximate surface area is 128 Å². The number of amides is 2. The lowest BCUT2D eigenvalue weighted by Gasteiger charge is -2.17. The monoisotopic (exact) mass is 311 g/mol. The van der Waals surface area contributed by atoms with Crippen LogP contribution >= 0.6 is 11.3 Å². The van der Waals surface area contributed by atoms with Crippen molar-refractivity contribution < 1.29 is 14.7 Å². The smallest absolute Gasteiger partial charge is 0.317 e. The van der Waals surface area contributed by atoms with Gasteiger partial charge in [0, 0.05) is 43.5 Å². The van der Waals surface area contributed by atoms with Gasteiger partial charge in [0.2, 0.25) is 0 Å². The van der Waals surface area contributed by atoms with Gasteiger partial charge in [-0.25, -0.2) is 9.78 Å². The van der Waals surface area contributed by atoms with Crippen LogP contribution in [-0.4, -0.2) is 46.6 Å². The number of hydrogen-bond acceptors (Lipinski definition) is 4. The van der Waals surface area contributed by atoms with Crippen molar-refractivity contribution in [2.24, 2.45) is 5.92 Å². The van der Waals surface area contributed by atoms with Gasteiger partial charge in [-0.15, -0.1) is 11.3 Å². The number of thiazole rings is 1. The van der Waals surface area contributed by atoms with Gasteiger partial charge in [-0.05, 0) is 25.7 Å². The second-order valence-corrected chi connectivity index (χ2v) is 6.34. The minimum Gasteiger partial charge on any atom is -0.481 e. The molecule has 21 heavy (non-hydrogen) atoms. The van der Waals surface area contributed by atoms with Crippen LogP contribution < -0.4 is 5.32 Å². The SMILES string of the molecule is Cc1csc(CCNC(=O)N2CCC(CCC(=O)O)C2)n1. The molecule has 1 fully saturated rings. The molecular formula is C14H21N3O3S. The van der Waals surface area contributed by atoms with Gasteiger partial charge in [-0.3, -0.25) is 4.79 Å². The summed E-state index contributed by atoms with van der Waals surface area (Å²) < 4.78 is 0. The number of carboxylic acids is 1. The Hall–Kier alpha value is -1.63. The lowest BCUT2D eigenvalue weighted by atomic mass is 10.0. The Kier molecular flexibility index (Phi) is 5.55. The summed E-state index contributed by atoms with van der Waals surface area (Å²) in [4.78, 5) is 28.7. The van der Waals surface area contributed by atoms with Crippen LogP contribution in [0.15, 0.2) is 5.38 Å². The van der Waals surface area contributed by atoms with E-state index in [9.17, 15) is 9.59 Å². The van der Waals surface area contributed by atoms with E-state index in [1.165, 1.54) is 0 Å². The minimum absolute atomic E-state index is 0.0545. The zero-order valence-electron chi connectivity index (χ0n) is 12.2. The molecule has 0 radical (unpaired) electrons. The number of urea groups is 1. The third-order valence-corrected chi connectivity index (χ3v) is 4.65. The maximum absolute atomic E-state index is 12.0. The van der Waals surface area contributed by atoms with Gasteiger partial charge >= 0.3 is 12.0 Å². The van der Waals surface area contributed by atoms with Crippen molar-refractivity contribution in [3.63, 3.8) is 0 Å². The quantitative estimate of drug-likeness (QED) is 0.840. The van der Waals surface area contributed by atoms with Gasteiger partial charge in [0.15, 0.2) is 0 Å². The van der Waals surface area contributed by atoms with Crippen molar-refractivity contribution in [1.82, 2.24) is 15.2 Å². The van der Waals surface area contributed by atoms with Crippen molar-refractivity contribution in [3.8, 4) is 0 Å². The van der Waals surface area contributed by atoms with Crippen molar-refractivity contribution >= 4 is 23.3 Å². The number of nitrogens with zero attached hydrogens (tertiary/aromatic N) is 2. The highest BCUT2D eigenvalue weighted by atomic mass is 32.1. The summed E-state index contributed by atoms with van der Waals surface area (Å²) in [5, 5.41) is 14.6. The number of aryl methyl sites for hydroxylation is 1. The van der Waals surface area contributed by atoms with E-state index in [4.69, 9.17) is 5.11 Å². The zero-order chi connectivity index (χ0) is 15.2. The molecule has 1 aliphatic heterocycles. The molecule has 2 amide bonds. The summed E-state index contributed by atoms with van der Waals surface area (Å²) in [5.74, 6) is -0.454. The Balaban J connectivity index is 1.66. The molecule has 0 aliphatic carbocycles. The van der Waals surface area contributed by atoms with Crippen LogP contribution in [0.3, 0.4) is 0 Å². The standard InChI is InChI=1S/C14H21N3O3S/c1-10-9-21-12(16-10)4-6-15-14(20)17-7-5-11(8-17)2-3-13(18)19/h9,11H,2-8H2,1H3,(H,15,20)(H,18,19). The maximum atomic E-state index is 12.0. The van der Waals surface area contributed by atoms with E-state index in [1.54, 1.807) is 16.2 Å². The van der Waals surface area contributed by atoms with E-state index in [1.807, 2.05) is 12.3 Å². The Morgan fingerprint density at radius 2 is 2.38 bits per heavy atom. The van der Waals surface area contributed by atoms with Crippen molar-refractivity contribution in [2.45, 2.75) is 32.6 Å². The summed E-state index contributed by atoms with van der Waals surface area (Å²) in [6.07, 6.45) is 2.48. The predicted molar refractivity (Wildman–Crippen MR) is 80.5 cm³/mol. The summed E-state index contributed by atoms with van der Waals surface area (Å²) in [6, 6.07) is -0.0545. The highest BCUT2D eigenvalue weighted by Gasteiger charge is 2.26. The van der Waals surface area contributed by atoms with Crippen LogP contribution in [0.1, 0.15) is 30.0 Å². The molecular weight excluding hydrogens is 290 g/mol. The van der Waals surface area contributed by atoms with Crippen molar-refractivity contribution in [1.29, 1.82) is 0 Å². The molecule has 0 saturated carbocycles. The molecule has 7 heteroatoms. The predicted octanol–water partition coefficient (Wildman–Crippen LogP) is 1.89. The summed E-state index contributed by atoms with van der Waals surface area (Å²) in [5.41, 5.74) is 1.02. The van der Waals surface area contributed by atoms with Gasteiger partial charge in [0.1, 0.15) is 0 Å². The van der Waals surface area contributed by atoms with Crippen LogP contribution in [0, 0.1) is 12.8 Å². The number of aliphatic carboxylic acids is 1. The summed E-state index contributed by atoms with van der Waals surface area (Å²) >= 11 is 1.61. The third-order valence-electron chi connectivity index (χ3n) is 3.62. The highest BCUT2D eigenvalue weighted by Crippen LogP contribution is 2.20. The molecule has 0 spiro atoms. The number of rotatable bonds is 6. The van der Waals surface area contributed by atoms with Gasteiger partial charge < -0.3 is 15.3 Å². The molecule has 1 aliphatic rings.